The van der Waals surface area contributed by atoms with Crippen molar-refractivity contribution in [1.82, 2.24) is 5.32 Å². The highest BCUT2D eigenvalue weighted by Gasteiger charge is 2.15. The van der Waals surface area contributed by atoms with E-state index in [0.717, 1.165) is 37.2 Å². The normalized spacial score (nSPS) is 17.9. The van der Waals surface area contributed by atoms with Crippen LogP contribution in [-0.4, -0.2) is 31.8 Å². The molecule has 0 aliphatic carbocycles. The maximum absolute atomic E-state index is 11.7. The van der Waals surface area contributed by atoms with E-state index in [1.165, 1.54) is 0 Å². The molecule has 1 heterocycles. The monoisotopic (exact) mass is 277 g/mol. The summed E-state index contributed by atoms with van der Waals surface area (Å²) in [6.45, 7) is 4.05. The molecule has 1 atom stereocenters. The molecule has 0 saturated carbocycles. The number of hydrogen-bond acceptors (Lipinski definition) is 3. The molecule has 1 aliphatic rings. The Morgan fingerprint density at radius 3 is 3.05 bits per heavy atom. The molecule has 0 aromatic heterocycles. The molecule has 1 aromatic carbocycles. The van der Waals surface area contributed by atoms with E-state index in [4.69, 9.17) is 9.47 Å². The van der Waals surface area contributed by atoms with Crippen LogP contribution in [0.2, 0.25) is 0 Å². The molecule has 20 heavy (non-hydrogen) atoms. The molecule has 1 amide bonds. The number of carbonyl (C=O) groups excluding carboxylic acids is 1. The minimum absolute atomic E-state index is 0.0777. The van der Waals surface area contributed by atoms with Crippen molar-refractivity contribution in [3.63, 3.8) is 0 Å². The summed E-state index contributed by atoms with van der Waals surface area (Å²) < 4.78 is 11.1. The van der Waals surface area contributed by atoms with Gasteiger partial charge in [-0.05, 0) is 37.8 Å². The standard InChI is InChI=1S/C16H23NO3/c1-13-6-2-3-8-15(13)20-11-5-9-16(18)17-12-14-7-4-10-19-14/h2-3,6,8,14H,4-5,7,9-12H2,1H3,(H,17,18). The molecule has 1 unspecified atom stereocenters. The molecule has 1 saturated heterocycles. The number of nitrogens with one attached hydrogen (secondary N) is 1. The topological polar surface area (TPSA) is 47.6 Å². The molecular formula is C16H23NO3. The molecule has 2 rings (SSSR count). The van der Waals surface area contributed by atoms with Gasteiger partial charge >= 0.3 is 0 Å². The third-order valence-corrected chi connectivity index (χ3v) is 3.45. The van der Waals surface area contributed by atoms with E-state index < -0.39 is 0 Å². The van der Waals surface area contributed by atoms with Gasteiger partial charge in [0.05, 0.1) is 12.7 Å². The first kappa shape index (κ1) is 14.9. The Morgan fingerprint density at radius 2 is 2.30 bits per heavy atom. The van der Waals surface area contributed by atoms with Gasteiger partial charge in [0.15, 0.2) is 0 Å². The largest absolute Gasteiger partial charge is 0.493 e. The number of ether oxygens (including phenoxy) is 2. The molecule has 110 valence electrons. The van der Waals surface area contributed by atoms with Gasteiger partial charge in [0.1, 0.15) is 5.75 Å². The van der Waals surface area contributed by atoms with Gasteiger partial charge in [-0.15, -0.1) is 0 Å². The maximum atomic E-state index is 11.7. The predicted octanol–water partition coefficient (Wildman–Crippen LogP) is 2.45. The van der Waals surface area contributed by atoms with Crippen LogP contribution in [0.25, 0.3) is 0 Å². The molecule has 1 N–H and O–H groups in total. The van der Waals surface area contributed by atoms with E-state index in [1.807, 2.05) is 31.2 Å². The van der Waals surface area contributed by atoms with E-state index in [2.05, 4.69) is 5.32 Å². The lowest BCUT2D eigenvalue weighted by atomic mass is 10.2. The molecule has 1 aromatic rings. The number of rotatable bonds is 7. The third kappa shape index (κ3) is 4.85. The van der Waals surface area contributed by atoms with Crippen LogP contribution in [-0.2, 0) is 9.53 Å². The lowest BCUT2D eigenvalue weighted by molar-refractivity contribution is -0.121. The summed E-state index contributed by atoms with van der Waals surface area (Å²) in [7, 11) is 0. The lowest BCUT2D eigenvalue weighted by Gasteiger charge is -2.11. The molecule has 4 nitrogen and oxygen atoms in total. The van der Waals surface area contributed by atoms with Crippen molar-refractivity contribution < 1.29 is 14.3 Å². The van der Waals surface area contributed by atoms with Crippen LogP contribution in [0.4, 0.5) is 0 Å². The second-order valence-corrected chi connectivity index (χ2v) is 5.16. The average Bonchev–Trinajstić information content (AvgIpc) is 2.96. The molecular weight excluding hydrogens is 254 g/mol. The zero-order valence-electron chi connectivity index (χ0n) is 12.1. The average molecular weight is 277 g/mol. The number of para-hydroxylation sites is 1. The van der Waals surface area contributed by atoms with Crippen molar-refractivity contribution in [3.8, 4) is 5.75 Å². The van der Waals surface area contributed by atoms with E-state index in [-0.39, 0.29) is 12.0 Å². The second kappa shape index (κ2) is 7.90. The summed E-state index contributed by atoms with van der Waals surface area (Å²) in [5.41, 5.74) is 1.12. The molecule has 0 radical (unpaired) electrons. The van der Waals surface area contributed by atoms with Gasteiger partial charge < -0.3 is 14.8 Å². The minimum Gasteiger partial charge on any atom is -0.493 e. The minimum atomic E-state index is 0.0777. The van der Waals surface area contributed by atoms with Crippen molar-refractivity contribution in [3.05, 3.63) is 29.8 Å². The van der Waals surface area contributed by atoms with Crippen LogP contribution < -0.4 is 10.1 Å². The van der Waals surface area contributed by atoms with Crippen LogP contribution in [0.1, 0.15) is 31.2 Å². The Bertz CT molecular complexity index is 427. The fourth-order valence-electron chi connectivity index (χ4n) is 2.25. The summed E-state index contributed by atoms with van der Waals surface area (Å²) in [6.07, 6.45) is 3.59. The smallest absolute Gasteiger partial charge is 0.220 e. The highest BCUT2D eigenvalue weighted by molar-refractivity contribution is 5.75. The Hall–Kier alpha value is -1.55. The van der Waals surface area contributed by atoms with Gasteiger partial charge in [0.25, 0.3) is 0 Å². The predicted molar refractivity (Wildman–Crippen MR) is 77.9 cm³/mol. The fourth-order valence-corrected chi connectivity index (χ4v) is 2.25. The van der Waals surface area contributed by atoms with Gasteiger partial charge in [-0.2, -0.15) is 0 Å². The fraction of sp³-hybridized carbons (Fsp3) is 0.562. The first-order valence-corrected chi connectivity index (χ1v) is 7.32. The summed E-state index contributed by atoms with van der Waals surface area (Å²) >= 11 is 0. The molecule has 0 spiro atoms. The van der Waals surface area contributed by atoms with Gasteiger partial charge in [0, 0.05) is 19.6 Å². The van der Waals surface area contributed by atoms with Crippen LogP contribution >= 0.6 is 0 Å². The first-order valence-electron chi connectivity index (χ1n) is 7.32. The van der Waals surface area contributed by atoms with Gasteiger partial charge in [0.2, 0.25) is 5.91 Å². The molecule has 4 heteroatoms. The Morgan fingerprint density at radius 1 is 1.45 bits per heavy atom. The first-order chi connectivity index (χ1) is 9.75. The lowest BCUT2D eigenvalue weighted by Crippen LogP contribution is -2.31. The number of aryl methyl sites for hydroxylation is 1. The highest BCUT2D eigenvalue weighted by atomic mass is 16.5. The van der Waals surface area contributed by atoms with Gasteiger partial charge in [-0.25, -0.2) is 0 Å². The number of hydrogen-bond donors (Lipinski definition) is 1. The van der Waals surface area contributed by atoms with Crippen molar-refractivity contribution in [1.29, 1.82) is 0 Å². The van der Waals surface area contributed by atoms with Crippen molar-refractivity contribution in [2.75, 3.05) is 19.8 Å². The molecule has 1 aliphatic heterocycles. The van der Waals surface area contributed by atoms with E-state index in [9.17, 15) is 4.79 Å². The SMILES string of the molecule is Cc1ccccc1OCCCC(=O)NCC1CCCO1. The van der Waals surface area contributed by atoms with Crippen LogP contribution in [0.3, 0.4) is 0 Å². The maximum Gasteiger partial charge on any atom is 0.220 e. The van der Waals surface area contributed by atoms with Crippen LogP contribution in [0.5, 0.6) is 5.75 Å². The molecule has 0 bridgehead atoms. The zero-order valence-corrected chi connectivity index (χ0v) is 12.1. The van der Waals surface area contributed by atoms with E-state index in [0.29, 0.717) is 19.6 Å². The number of benzene rings is 1. The van der Waals surface area contributed by atoms with E-state index in [1.54, 1.807) is 0 Å². The van der Waals surface area contributed by atoms with Crippen molar-refractivity contribution in [2.24, 2.45) is 0 Å². The number of carbonyl (C=O) groups is 1. The Balaban J connectivity index is 1.56. The summed E-state index contributed by atoms with van der Waals surface area (Å²) in [6, 6.07) is 7.91. The van der Waals surface area contributed by atoms with Gasteiger partial charge in [-0.1, -0.05) is 18.2 Å². The zero-order chi connectivity index (χ0) is 14.2. The summed E-state index contributed by atoms with van der Waals surface area (Å²) in [5, 5.41) is 2.92. The van der Waals surface area contributed by atoms with Crippen molar-refractivity contribution in [2.45, 2.75) is 38.7 Å². The van der Waals surface area contributed by atoms with Crippen molar-refractivity contribution >= 4 is 5.91 Å². The molecule has 1 fully saturated rings. The quantitative estimate of drug-likeness (QED) is 0.779. The highest BCUT2D eigenvalue weighted by Crippen LogP contribution is 2.16. The summed E-state index contributed by atoms with van der Waals surface area (Å²) in [4.78, 5) is 11.7. The van der Waals surface area contributed by atoms with Crippen LogP contribution in [0.15, 0.2) is 24.3 Å². The third-order valence-electron chi connectivity index (χ3n) is 3.45. The van der Waals surface area contributed by atoms with Gasteiger partial charge in [-0.3, -0.25) is 4.79 Å². The summed E-state index contributed by atoms with van der Waals surface area (Å²) in [5.74, 6) is 0.973. The van der Waals surface area contributed by atoms with E-state index >= 15 is 0 Å². The number of amides is 1. The second-order valence-electron chi connectivity index (χ2n) is 5.16. The Kier molecular flexibility index (Phi) is 5.87. The van der Waals surface area contributed by atoms with Crippen LogP contribution in [0, 0.1) is 6.92 Å². The Labute approximate surface area is 120 Å².